The van der Waals surface area contributed by atoms with E-state index in [2.05, 4.69) is 5.32 Å². The molecule has 6 nitrogen and oxygen atoms in total. The van der Waals surface area contributed by atoms with Crippen LogP contribution >= 0.6 is 0 Å². The third-order valence-corrected chi connectivity index (χ3v) is 4.58. The maximum Gasteiger partial charge on any atom is 0.338 e. The van der Waals surface area contributed by atoms with Crippen molar-refractivity contribution < 1.29 is 24.2 Å². The largest absolute Gasteiger partial charge is 0.481 e. The predicted octanol–water partition coefficient (Wildman–Crippen LogP) is 3.25. The number of allylic oxidation sites excluding steroid dienone is 2. The van der Waals surface area contributed by atoms with Crippen LogP contribution in [0.3, 0.4) is 0 Å². The topological polar surface area (TPSA) is 92.7 Å². The van der Waals surface area contributed by atoms with E-state index in [1.807, 2.05) is 13.8 Å². The molecule has 1 aliphatic rings. The molecule has 25 heavy (non-hydrogen) atoms. The average molecular weight is 345 g/mol. The number of hydrogen-bond acceptors (Lipinski definition) is 4. The van der Waals surface area contributed by atoms with E-state index in [-0.39, 0.29) is 5.91 Å². The van der Waals surface area contributed by atoms with Crippen LogP contribution < -0.4 is 5.32 Å². The predicted molar refractivity (Wildman–Crippen MR) is 93.3 cm³/mol. The molecule has 2 N–H and O–H groups in total. The normalized spacial score (nSPS) is 20.1. The van der Waals surface area contributed by atoms with Gasteiger partial charge in [0.05, 0.1) is 24.0 Å². The number of esters is 1. The molecule has 1 aliphatic carbocycles. The molecular weight excluding hydrogens is 322 g/mol. The minimum Gasteiger partial charge on any atom is -0.481 e. The van der Waals surface area contributed by atoms with Gasteiger partial charge < -0.3 is 15.2 Å². The molecule has 1 aromatic rings. The Hall–Kier alpha value is -2.63. The summed E-state index contributed by atoms with van der Waals surface area (Å²) in [5.74, 6) is -3.02. The highest BCUT2D eigenvalue weighted by atomic mass is 16.5. The summed E-state index contributed by atoms with van der Waals surface area (Å²) >= 11 is 0. The van der Waals surface area contributed by atoms with Gasteiger partial charge in [-0.3, -0.25) is 9.59 Å². The zero-order chi connectivity index (χ0) is 18.6. The molecule has 0 bridgehead atoms. The van der Waals surface area contributed by atoms with Crippen LogP contribution in [0, 0.1) is 11.8 Å². The summed E-state index contributed by atoms with van der Waals surface area (Å²) in [5.41, 5.74) is 3.02. The summed E-state index contributed by atoms with van der Waals surface area (Å²) in [6.07, 6.45) is 0.830. The second kappa shape index (κ2) is 7.96. The number of anilines is 1. The number of aliphatic carboxylic acids is 1. The fraction of sp³-hybridized carbons (Fsp3) is 0.421. The third kappa shape index (κ3) is 4.47. The molecule has 0 heterocycles. The van der Waals surface area contributed by atoms with Crippen molar-refractivity contribution in [3.05, 3.63) is 41.0 Å². The molecule has 1 aromatic carbocycles. The zero-order valence-corrected chi connectivity index (χ0v) is 14.7. The Bertz CT molecular complexity index is 705. The summed E-state index contributed by atoms with van der Waals surface area (Å²) < 4.78 is 4.91. The lowest BCUT2D eigenvalue weighted by molar-refractivity contribution is -0.146. The van der Waals surface area contributed by atoms with Gasteiger partial charge in [-0.25, -0.2) is 4.79 Å². The average Bonchev–Trinajstić information content (AvgIpc) is 2.57. The first-order chi connectivity index (χ1) is 11.8. The summed E-state index contributed by atoms with van der Waals surface area (Å²) in [5, 5.41) is 12.2. The number of benzene rings is 1. The summed E-state index contributed by atoms with van der Waals surface area (Å²) in [7, 11) is 0. The molecule has 2 rings (SSSR count). The summed E-state index contributed by atoms with van der Waals surface area (Å²) in [6, 6.07) is 6.35. The highest BCUT2D eigenvalue weighted by Gasteiger charge is 2.37. The van der Waals surface area contributed by atoms with E-state index in [9.17, 15) is 19.5 Å². The number of carbonyl (C=O) groups excluding carboxylic acids is 2. The highest BCUT2D eigenvalue weighted by Crippen LogP contribution is 2.35. The van der Waals surface area contributed by atoms with Crippen molar-refractivity contribution in [3.8, 4) is 0 Å². The van der Waals surface area contributed by atoms with Crippen molar-refractivity contribution >= 4 is 23.5 Å². The molecule has 2 atom stereocenters. The van der Waals surface area contributed by atoms with Crippen LogP contribution in [0.1, 0.15) is 44.0 Å². The van der Waals surface area contributed by atoms with Crippen LogP contribution in [0.15, 0.2) is 35.4 Å². The van der Waals surface area contributed by atoms with E-state index < -0.39 is 23.8 Å². The fourth-order valence-electron chi connectivity index (χ4n) is 2.97. The molecule has 6 heteroatoms. The van der Waals surface area contributed by atoms with E-state index >= 15 is 0 Å². The molecular formula is C19H23NO5. The Labute approximate surface area is 146 Å². The van der Waals surface area contributed by atoms with Crippen molar-refractivity contribution in [2.45, 2.75) is 33.6 Å². The molecule has 2 unspecified atom stereocenters. The van der Waals surface area contributed by atoms with Gasteiger partial charge in [0.15, 0.2) is 0 Å². The Morgan fingerprint density at radius 2 is 1.64 bits per heavy atom. The van der Waals surface area contributed by atoms with Gasteiger partial charge in [0.1, 0.15) is 0 Å². The maximum absolute atomic E-state index is 12.6. The van der Waals surface area contributed by atoms with Gasteiger partial charge in [0.2, 0.25) is 5.91 Å². The quantitative estimate of drug-likeness (QED) is 0.631. The van der Waals surface area contributed by atoms with Gasteiger partial charge in [0.25, 0.3) is 0 Å². The molecule has 0 aromatic heterocycles. The van der Waals surface area contributed by atoms with Crippen LogP contribution in [-0.2, 0) is 14.3 Å². The molecule has 0 radical (unpaired) electrons. The fourth-order valence-corrected chi connectivity index (χ4v) is 2.97. The first-order valence-electron chi connectivity index (χ1n) is 8.29. The lowest BCUT2D eigenvalue weighted by atomic mass is 9.76. The molecule has 0 saturated carbocycles. The first kappa shape index (κ1) is 18.7. The summed E-state index contributed by atoms with van der Waals surface area (Å²) in [4.78, 5) is 35.7. The number of hydrogen-bond donors (Lipinski definition) is 2. The van der Waals surface area contributed by atoms with E-state index in [0.29, 0.717) is 30.7 Å². The molecule has 1 amide bonds. The second-order valence-electron chi connectivity index (χ2n) is 6.31. The van der Waals surface area contributed by atoms with Crippen LogP contribution in [-0.4, -0.2) is 29.6 Å². The Morgan fingerprint density at radius 3 is 2.16 bits per heavy atom. The third-order valence-electron chi connectivity index (χ3n) is 4.58. The standard InChI is InChI=1S/C19H23NO5/c1-4-25-19(24)13-5-7-14(8-6-13)20-17(21)15-9-11(2)12(3)10-16(15)18(22)23/h5-8,15-16H,4,9-10H2,1-3H3,(H,20,21)(H,22,23). The maximum atomic E-state index is 12.6. The van der Waals surface area contributed by atoms with Crippen LogP contribution in [0.25, 0.3) is 0 Å². The molecule has 0 aliphatic heterocycles. The lowest BCUT2D eigenvalue weighted by Gasteiger charge is -2.29. The SMILES string of the molecule is CCOC(=O)c1ccc(NC(=O)C2CC(C)=C(C)CC2C(=O)O)cc1. The van der Waals surface area contributed by atoms with E-state index in [1.165, 1.54) is 0 Å². The number of carboxylic acid groups (broad SMARTS) is 1. The lowest BCUT2D eigenvalue weighted by Crippen LogP contribution is -2.36. The number of rotatable bonds is 5. The zero-order valence-electron chi connectivity index (χ0n) is 14.7. The van der Waals surface area contributed by atoms with Crippen molar-refractivity contribution in [2.24, 2.45) is 11.8 Å². The van der Waals surface area contributed by atoms with Gasteiger partial charge in [-0.05, 0) is 57.9 Å². The number of nitrogens with one attached hydrogen (secondary N) is 1. The molecule has 0 saturated heterocycles. The van der Waals surface area contributed by atoms with Gasteiger partial charge in [-0.1, -0.05) is 11.1 Å². The Balaban J connectivity index is 2.10. The van der Waals surface area contributed by atoms with E-state index in [1.54, 1.807) is 31.2 Å². The van der Waals surface area contributed by atoms with Gasteiger partial charge in [-0.2, -0.15) is 0 Å². The second-order valence-corrected chi connectivity index (χ2v) is 6.31. The van der Waals surface area contributed by atoms with Gasteiger partial charge in [0, 0.05) is 5.69 Å². The van der Waals surface area contributed by atoms with Crippen molar-refractivity contribution in [1.82, 2.24) is 0 Å². The van der Waals surface area contributed by atoms with Crippen molar-refractivity contribution in [1.29, 1.82) is 0 Å². The number of carboxylic acids is 1. The minimum atomic E-state index is -0.954. The monoisotopic (exact) mass is 345 g/mol. The van der Waals surface area contributed by atoms with Gasteiger partial charge in [-0.15, -0.1) is 0 Å². The Morgan fingerprint density at radius 1 is 1.08 bits per heavy atom. The number of amides is 1. The molecule has 134 valence electrons. The Kier molecular flexibility index (Phi) is 5.96. The number of carbonyl (C=O) groups is 3. The van der Waals surface area contributed by atoms with Gasteiger partial charge >= 0.3 is 11.9 Å². The number of ether oxygens (including phenoxy) is 1. The highest BCUT2D eigenvalue weighted by molar-refractivity contribution is 5.96. The minimum absolute atomic E-state index is 0.294. The molecule has 0 fully saturated rings. The van der Waals surface area contributed by atoms with Crippen LogP contribution in [0.2, 0.25) is 0 Å². The molecule has 0 spiro atoms. The van der Waals surface area contributed by atoms with E-state index in [0.717, 1.165) is 11.1 Å². The van der Waals surface area contributed by atoms with Crippen molar-refractivity contribution in [2.75, 3.05) is 11.9 Å². The smallest absolute Gasteiger partial charge is 0.338 e. The van der Waals surface area contributed by atoms with Crippen LogP contribution in [0.4, 0.5) is 5.69 Å². The van der Waals surface area contributed by atoms with Crippen molar-refractivity contribution in [3.63, 3.8) is 0 Å². The summed E-state index contributed by atoms with van der Waals surface area (Å²) in [6.45, 7) is 5.87. The van der Waals surface area contributed by atoms with Crippen LogP contribution in [0.5, 0.6) is 0 Å². The first-order valence-corrected chi connectivity index (χ1v) is 8.29. The van der Waals surface area contributed by atoms with E-state index in [4.69, 9.17) is 4.74 Å².